The lowest BCUT2D eigenvalue weighted by molar-refractivity contribution is 0.0696. The quantitative estimate of drug-likeness (QED) is 0.794. The van der Waals surface area contributed by atoms with Gasteiger partial charge in [-0.1, -0.05) is 11.6 Å². The number of aromatic carboxylic acids is 1. The number of benzene rings is 1. The Hall–Kier alpha value is -1.29. The zero-order valence-electron chi connectivity index (χ0n) is 7.87. The molecule has 0 aliphatic heterocycles. The molecule has 0 spiro atoms. The average Bonchev–Trinajstić information content (AvgIpc) is 2.20. The van der Waals surface area contributed by atoms with Crippen molar-refractivity contribution < 1.29 is 19.0 Å². The number of carbonyl (C=O) groups is 1. The molecule has 0 saturated carbocycles. The normalized spacial score (nSPS) is 10.0. The molecular formula is C10H10ClFO3. The highest BCUT2D eigenvalue weighted by Crippen LogP contribution is 2.22. The Labute approximate surface area is 91.4 Å². The van der Waals surface area contributed by atoms with Crippen LogP contribution >= 0.6 is 11.6 Å². The van der Waals surface area contributed by atoms with Crippen LogP contribution in [0.2, 0.25) is 5.02 Å². The van der Waals surface area contributed by atoms with Gasteiger partial charge >= 0.3 is 5.97 Å². The first-order chi connectivity index (χ1) is 7.15. The van der Waals surface area contributed by atoms with Crippen molar-refractivity contribution in [3.63, 3.8) is 0 Å². The van der Waals surface area contributed by atoms with Gasteiger partial charge in [-0.3, -0.25) is 4.39 Å². The molecule has 1 aromatic carbocycles. The summed E-state index contributed by atoms with van der Waals surface area (Å²) >= 11 is 5.66. The Kier molecular flexibility index (Phi) is 4.37. The molecule has 0 fully saturated rings. The van der Waals surface area contributed by atoms with E-state index in [9.17, 15) is 9.18 Å². The minimum atomic E-state index is -1.11. The lowest BCUT2D eigenvalue weighted by Crippen LogP contribution is -2.01. The molecule has 0 atom stereocenters. The molecule has 0 aliphatic rings. The third-order valence-electron chi connectivity index (χ3n) is 1.71. The standard InChI is InChI=1S/C10H10ClFO3/c11-9-3-2-7(15-5-1-4-12)6-8(9)10(13)14/h2-3,6H,1,4-5H2,(H,13,14). The van der Waals surface area contributed by atoms with E-state index in [0.717, 1.165) is 0 Å². The van der Waals surface area contributed by atoms with Crippen LogP contribution in [0.15, 0.2) is 18.2 Å². The third-order valence-corrected chi connectivity index (χ3v) is 2.04. The van der Waals surface area contributed by atoms with Crippen LogP contribution in [0, 0.1) is 0 Å². The summed E-state index contributed by atoms with van der Waals surface area (Å²) in [6.07, 6.45) is 0.283. The van der Waals surface area contributed by atoms with Crippen LogP contribution in [0.1, 0.15) is 16.8 Å². The van der Waals surface area contributed by atoms with Crippen molar-refractivity contribution >= 4 is 17.6 Å². The molecule has 1 aromatic rings. The Bertz CT molecular complexity index is 355. The van der Waals surface area contributed by atoms with Crippen molar-refractivity contribution in [2.75, 3.05) is 13.3 Å². The van der Waals surface area contributed by atoms with E-state index >= 15 is 0 Å². The minimum Gasteiger partial charge on any atom is -0.493 e. The number of rotatable bonds is 5. The molecule has 0 bridgehead atoms. The summed E-state index contributed by atoms with van der Waals surface area (Å²) in [6.45, 7) is -0.240. The van der Waals surface area contributed by atoms with Gasteiger partial charge in [0, 0.05) is 6.42 Å². The van der Waals surface area contributed by atoms with Gasteiger partial charge in [0.2, 0.25) is 0 Å². The van der Waals surface area contributed by atoms with E-state index in [1.807, 2.05) is 0 Å². The Morgan fingerprint density at radius 3 is 2.87 bits per heavy atom. The van der Waals surface area contributed by atoms with Gasteiger partial charge in [-0.25, -0.2) is 4.79 Å². The van der Waals surface area contributed by atoms with E-state index in [2.05, 4.69) is 0 Å². The zero-order chi connectivity index (χ0) is 11.3. The van der Waals surface area contributed by atoms with Crippen LogP contribution in [0.25, 0.3) is 0 Å². The molecule has 0 unspecified atom stereocenters. The molecule has 0 aliphatic carbocycles. The maximum absolute atomic E-state index is 11.8. The number of carboxylic acids is 1. The lowest BCUT2D eigenvalue weighted by atomic mass is 10.2. The first-order valence-electron chi connectivity index (χ1n) is 4.36. The molecule has 0 saturated heterocycles. The lowest BCUT2D eigenvalue weighted by Gasteiger charge is -2.06. The Morgan fingerprint density at radius 1 is 1.53 bits per heavy atom. The number of carboxylic acid groups (broad SMARTS) is 1. The van der Waals surface area contributed by atoms with Gasteiger partial charge in [-0.2, -0.15) is 0 Å². The highest BCUT2D eigenvalue weighted by atomic mass is 35.5. The fraction of sp³-hybridized carbons (Fsp3) is 0.300. The summed E-state index contributed by atoms with van der Waals surface area (Å²) in [5, 5.41) is 8.91. The molecule has 0 heterocycles. The molecule has 1 rings (SSSR count). The highest BCUT2D eigenvalue weighted by molar-refractivity contribution is 6.33. The number of halogens is 2. The van der Waals surface area contributed by atoms with E-state index in [1.165, 1.54) is 12.1 Å². The molecule has 0 radical (unpaired) electrons. The molecule has 0 aromatic heterocycles. The minimum absolute atomic E-state index is 0.0191. The first kappa shape index (κ1) is 11.8. The summed E-state index contributed by atoms with van der Waals surface area (Å²) in [7, 11) is 0. The predicted octanol–water partition coefficient (Wildman–Crippen LogP) is 2.78. The fourth-order valence-electron chi connectivity index (χ4n) is 1.00. The van der Waals surface area contributed by atoms with E-state index < -0.39 is 12.6 Å². The second-order valence-electron chi connectivity index (χ2n) is 2.84. The maximum atomic E-state index is 11.8. The van der Waals surface area contributed by atoms with Crippen LogP contribution in [0.3, 0.4) is 0 Å². The summed E-state index contributed by atoms with van der Waals surface area (Å²) in [6, 6.07) is 4.31. The molecular weight excluding hydrogens is 223 g/mol. The van der Waals surface area contributed by atoms with Crippen molar-refractivity contribution in [3.8, 4) is 5.75 Å². The number of ether oxygens (including phenoxy) is 1. The topological polar surface area (TPSA) is 46.5 Å². The van der Waals surface area contributed by atoms with Crippen LogP contribution in [-0.2, 0) is 0 Å². The van der Waals surface area contributed by atoms with Crippen molar-refractivity contribution in [2.24, 2.45) is 0 Å². The van der Waals surface area contributed by atoms with E-state index in [0.29, 0.717) is 5.75 Å². The fourth-order valence-corrected chi connectivity index (χ4v) is 1.20. The Morgan fingerprint density at radius 2 is 2.27 bits per heavy atom. The van der Waals surface area contributed by atoms with Gasteiger partial charge in [0.05, 0.1) is 23.9 Å². The van der Waals surface area contributed by atoms with Gasteiger partial charge < -0.3 is 9.84 Å². The van der Waals surface area contributed by atoms with Crippen molar-refractivity contribution in [3.05, 3.63) is 28.8 Å². The maximum Gasteiger partial charge on any atom is 0.337 e. The van der Waals surface area contributed by atoms with Crippen LogP contribution in [0.5, 0.6) is 5.75 Å². The van der Waals surface area contributed by atoms with Crippen LogP contribution in [-0.4, -0.2) is 24.4 Å². The van der Waals surface area contributed by atoms with Gasteiger partial charge in [0.15, 0.2) is 0 Å². The monoisotopic (exact) mass is 232 g/mol. The smallest absolute Gasteiger partial charge is 0.337 e. The largest absolute Gasteiger partial charge is 0.493 e. The summed E-state index contributed by atoms with van der Waals surface area (Å²) in [5.74, 6) is -0.735. The molecule has 82 valence electrons. The summed E-state index contributed by atoms with van der Waals surface area (Å²) in [5.41, 5.74) is -0.0191. The number of hydrogen-bond acceptors (Lipinski definition) is 2. The SMILES string of the molecule is O=C(O)c1cc(OCCCF)ccc1Cl. The van der Waals surface area contributed by atoms with E-state index in [1.54, 1.807) is 6.07 Å². The van der Waals surface area contributed by atoms with Crippen LogP contribution in [0.4, 0.5) is 4.39 Å². The molecule has 15 heavy (non-hydrogen) atoms. The van der Waals surface area contributed by atoms with Crippen molar-refractivity contribution in [1.82, 2.24) is 0 Å². The van der Waals surface area contributed by atoms with Gasteiger partial charge in [-0.05, 0) is 18.2 Å². The second kappa shape index (κ2) is 5.56. The van der Waals surface area contributed by atoms with Crippen molar-refractivity contribution in [1.29, 1.82) is 0 Å². The number of alkyl halides is 1. The zero-order valence-corrected chi connectivity index (χ0v) is 8.63. The first-order valence-corrected chi connectivity index (χ1v) is 4.74. The van der Waals surface area contributed by atoms with E-state index in [4.69, 9.17) is 21.4 Å². The van der Waals surface area contributed by atoms with Crippen LogP contribution < -0.4 is 4.74 Å². The predicted molar refractivity (Wildman–Crippen MR) is 54.5 cm³/mol. The summed E-state index contributed by atoms with van der Waals surface area (Å²) < 4.78 is 16.9. The number of hydrogen-bond donors (Lipinski definition) is 1. The Balaban J connectivity index is 2.74. The third kappa shape index (κ3) is 3.40. The molecule has 3 nitrogen and oxygen atoms in total. The molecule has 1 N–H and O–H groups in total. The van der Waals surface area contributed by atoms with Gasteiger partial charge in [0.1, 0.15) is 5.75 Å². The van der Waals surface area contributed by atoms with E-state index in [-0.39, 0.29) is 23.6 Å². The second-order valence-corrected chi connectivity index (χ2v) is 3.25. The van der Waals surface area contributed by atoms with Gasteiger partial charge in [-0.15, -0.1) is 0 Å². The highest BCUT2D eigenvalue weighted by Gasteiger charge is 2.09. The molecule has 5 heteroatoms. The average molecular weight is 233 g/mol. The van der Waals surface area contributed by atoms with Gasteiger partial charge in [0.25, 0.3) is 0 Å². The van der Waals surface area contributed by atoms with Crippen molar-refractivity contribution in [2.45, 2.75) is 6.42 Å². The molecule has 0 amide bonds. The summed E-state index contributed by atoms with van der Waals surface area (Å²) in [4.78, 5) is 10.7.